The van der Waals surface area contributed by atoms with Gasteiger partial charge >= 0.3 is 5.97 Å². The first kappa shape index (κ1) is 19.1. The number of hydrogen-bond acceptors (Lipinski definition) is 7. The highest BCUT2D eigenvalue weighted by molar-refractivity contribution is 7.86. The summed E-state index contributed by atoms with van der Waals surface area (Å²) in [7, 11) is -4.18. The van der Waals surface area contributed by atoms with Crippen molar-refractivity contribution in [2.45, 2.75) is 26.7 Å². The molecule has 0 radical (unpaired) electrons. The van der Waals surface area contributed by atoms with Gasteiger partial charge in [0.15, 0.2) is 0 Å². The van der Waals surface area contributed by atoms with Gasteiger partial charge in [-0.15, -0.1) is 9.35 Å². The molecule has 0 saturated carbocycles. The zero-order valence-corrected chi connectivity index (χ0v) is 14.7. The average molecular weight is 369 g/mol. The van der Waals surface area contributed by atoms with Gasteiger partial charge in [0.05, 0.1) is 29.4 Å². The third-order valence-corrected chi connectivity index (χ3v) is 4.91. The first-order valence-electron chi connectivity index (χ1n) is 7.83. The fraction of sp³-hybridized carbons (Fsp3) is 0.438. The molecule has 0 bridgehead atoms. The van der Waals surface area contributed by atoms with Crippen molar-refractivity contribution >= 4 is 27.9 Å². The molecule has 0 aromatic heterocycles. The molecule has 0 saturated heterocycles. The van der Waals surface area contributed by atoms with E-state index >= 15 is 0 Å². The number of fused-ring (bicyclic) bond motifs is 1. The zero-order chi connectivity index (χ0) is 18.6. The molecule has 1 aliphatic rings. The van der Waals surface area contributed by atoms with E-state index in [9.17, 15) is 22.8 Å². The van der Waals surface area contributed by atoms with Crippen LogP contribution in [0.4, 0.5) is 0 Å². The molecule has 1 heterocycles. The summed E-state index contributed by atoms with van der Waals surface area (Å²) in [5.74, 6) is -2.80. The Morgan fingerprint density at radius 3 is 2.24 bits per heavy atom. The number of imide groups is 1. The van der Waals surface area contributed by atoms with Crippen LogP contribution >= 0.6 is 0 Å². The first-order chi connectivity index (χ1) is 11.8. The summed E-state index contributed by atoms with van der Waals surface area (Å²) < 4.78 is 33.5. The Morgan fingerprint density at radius 1 is 1.16 bits per heavy atom. The molecule has 0 spiro atoms. The van der Waals surface area contributed by atoms with Crippen LogP contribution in [-0.4, -0.2) is 43.6 Å². The maximum absolute atomic E-state index is 12.1. The normalized spacial score (nSPS) is 15.2. The van der Waals surface area contributed by atoms with E-state index in [0.717, 1.165) is 0 Å². The first-order valence-corrected chi connectivity index (χ1v) is 9.41. The van der Waals surface area contributed by atoms with Gasteiger partial charge in [-0.25, -0.2) is 0 Å². The predicted octanol–water partition coefficient (Wildman–Crippen LogP) is 1.52. The number of rotatable bonds is 8. The van der Waals surface area contributed by atoms with Gasteiger partial charge in [0.2, 0.25) is 0 Å². The minimum Gasteiger partial charge on any atom is -0.465 e. The molecule has 1 aromatic rings. The maximum atomic E-state index is 12.1. The van der Waals surface area contributed by atoms with Crippen LogP contribution in [0.3, 0.4) is 0 Å². The molecule has 2 rings (SSSR count). The summed E-state index contributed by atoms with van der Waals surface area (Å²) in [5.41, 5.74) is 0.176. The van der Waals surface area contributed by atoms with E-state index in [1.54, 1.807) is 19.1 Å². The number of esters is 1. The summed E-state index contributed by atoms with van der Waals surface area (Å²) in [6, 6.07) is 5.96. The van der Waals surface area contributed by atoms with Crippen molar-refractivity contribution in [2.75, 3.05) is 12.4 Å². The van der Waals surface area contributed by atoms with Gasteiger partial charge in [-0.3, -0.25) is 14.4 Å². The molecule has 1 unspecified atom stereocenters. The molecule has 9 heteroatoms. The molecule has 0 N–H and O–H groups in total. The third-order valence-electron chi connectivity index (χ3n) is 3.74. The van der Waals surface area contributed by atoms with Crippen LogP contribution in [0.5, 0.6) is 0 Å². The molecule has 1 aromatic carbocycles. The van der Waals surface area contributed by atoms with Crippen molar-refractivity contribution in [1.29, 1.82) is 0 Å². The highest BCUT2D eigenvalue weighted by Gasteiger charge is 2.39. The van der Waals surface area contributed by atoms with Crippen molar-refractivity contribution in [3.8, 4) is 0 Å². The second-order valence-electron chi connectivity index (χ2n) is 5.62. The Bertz CT molecular complexity index is 752. The zero-order valence-electron chi connectivity index (χ0n) is 13.9. The average Bonchev–Trinajstić information content (AvgIpc) is 2.83. The SMILES string of the molecule is CCC(C)C(=O)OCCCS(=O)(=O)ON1C(=O)c2ccccc2C1=O. The van der Waals surface area contributed by atoms with E-state index in [4.69, 9.17) is 4.74 Å². The fourth-order valence-corrected chi connectivity index (χ4v) is 3.01. The van der Waals surface area contributed by atoms with Crippen LogP contribution in [-0.2, 0) is 23.9 Å². The van der Waals surface area contributed by atoms with E-state index in [0.29, 0.717) is 6.42 Å². The van der Waals surface area contributed by atoms with E-state index in [-0.39, 0.29) is 35.1 Å². The van der Waals surface area contributed by atoms with E-state index < -0.39 is 33.7 Å². The topological polar surface area (TPSA) is 107 Å². The molecule has 8 nitrogen and oxygen atoms in total. The summed E-state index contributed by atoms with van der Waals surface area (Å²) in [6.07, 6.45) is 0.619. The smallest absolute Gasteiger partial charge is 0.308 e. The minimum atomic E-state index is -4.18. The van der Waals surface area contributed by atoms with Gasteiger partial charge in [0.25, 0.3) is 21.9 Å². The molecule has 0 fully saturated rings. The van der Waals surface area contributed by atoms with Gasteiger partial charge in [-0.05, 0) is 25.0 Å². The molecular weight excluding hydrogens is 350 g/mol. The standard InChI is InChI=1S/C16H19NO7S/c1-3-11(2)16(20)23-9-6-10-25(21,22)24-17-14(18)12-7-4-5-8-13(12)15(17)19/h4-5,7-8,11H,3,6,9-10H2,1-2H3. The molecule has 136 valence electrons. The van der Waals surface area contributed by atoms with Crippen LogP contribution in [0.15, 0.2) is 24.3 Å². The van der Waals surface area contributed by atoms with Crippen molar-refractivity contribution in [3.05, 3.63) is 35.4 Å². The monoisotopic (exact) mass is 369 g/mol. The maximum Gasteiger partial charge on any atom is 0.308 e. The molecule has 25 heavy (non-hydrogen) atoms. The Morgan fingerprint density at radius 2 is 1.72 bits per heavy atom. The van der Waals surface area contributed by atoms with E-state index in [1.165, 1.54) is 12.1 Å². The summed E-state index contributed by atoms with van der Waals surface area (Å²) in [4.78, 5) is 35.6. The van der Waals surface area contributed by atoms with Gasteiger partial charge in [0, 0.05) is 0 Å². The molecular formula is C16H19NO7S. The number of carbonyl (C=O) groups excluding carboxylic acids is 3. The number of amides is 2. The van der Waals surface area contributed by atoms with E-state index in [1.807, 2.05) is 6.92 Å². The predicted molar refractivity (Wildman–Crippen MR) is 86.8 cm³/mol. The summed E-state index contributed by atoms with van der Waals surface area (Å²) >= 11 is 0. The van der Waals surface area contributed by atoms with Gasteiger partial charge in [0.1, 0.15) is 0 Å². The van der Waals surface area contributed by atoms with Crippen LogP contribution < -0.4 is 0 Å². The van der Waals surface area contributed by atoms with Crippen LogP contribution in [0.2, 0.25) is 0 Å². The van der Waals surface area contributed by atoms with Crippen molar-refractivity contribution < 1.29 is 31.8 Å². The number of hydroxylamine groups is 2. The lowest BCUT2D eigenvalue weighted by Gasteiger charge is -2.13. The lowest BCUT2D eigenvalue weighted by molar-refractivity contribution is -0.148. The highest BCUT2D eigenvalue weighted by Crippen LogP contribution is 2.23. The van der Waals surface area contributed by atoms with Crippen LogP contribution in [0.25, 0.3) is 0 Å². The second kappa shape index (κ2) is 7.75. The summed E-state index contributed by atoms with van der Waals surface area (Å²) in [6.45, 7) is 3.46. The van der Waals surface area contributed by atoms with Gasteiger partial charge < -0.3 is 4.74 Å². The van der Waals surface area contributed by atoms with Crippen molar-refractivity contribution in [2.24, 2.45) is 5.92 Å². The summed E-state index contributed by atoms with van der Waals surface area (Å²) in [5, 5.41) is 0.241. The lowest BCUT2D eigenvalue weighted by atomic mass is 10.1. The van der Waals surface area contributed by atoms with Crippen LogP contribution in [0.1, 0.15) is 47.4 Å². The number of hydrogen-bond donors (Lipinski definition) is 0. The lowest BCUT2D eigenvalue weighted by Crippen LogP contribution is -2.33. The van der Waals surface area contributed by atoms with Crippen molar-refractivity contribution in [3.63, 3.8) is 0 Å². The van der Waals surface area contributed by atoms with Gasteiger partial charge in [-0.1, -0.05) is 26.0 Å². The molecule has 1 atom stereocenters. The minimum absolute atomic E-state index is 0.00627. The number of ether oxygens (including phenoxy) is 1. The Labute approximate surface area is 145 Å². The Balaban J connectivity index is 1.89. The van der Waals surface area contributed by atoms with E-state index in [2.05, 4.69) is 4.28 Å². The quantitative estimate of drug-likeness (QED) is 0.388. The molecule has 2 amide bonds. The Kier molecular flexibility index (Phi) is 5.91. The number of nitrogens with zero attached hydrogens (tertiary/aromatic N) is 1. The van der Waals surface area contributed by atoms with Gasteiger partial charge in [-0.2, -0.15) is 8.42 Å². The Hall–Kier alpha value is -2.26. The highest BCUT2D eigenvalue weighted by atomic mass is 32.2. The third kappa shape index (κ3) is 4.43. The second-order valence-corrected chi connectivity index (χ2v) is 7.29. The largest absolute Gasteiger partial charge is 0.465 e. The van der Waals surface area contributed by atoms with Crippen LogP contribution in [0, 0.1) is 5.92 Å². The number of benzene rings is 1. The fourth-order valence-electron chi connectivity index (χ4n) is 2.10. The molecule has 0 aliphatic carbocycles. The van der Waals surface area contributed by atoms with Crippen molar-refractivity contribution in [1.82, 2.24) is 5.06 Å². The molecule has 1 aliphatic heterocycles. The number of carbonyl (C=O) groups is 3.